The third-order valence-corrected chi connectivity index (χ3v) is 3.36. The average molecular weight is 265 g/mol. The largest absolute Gasteiger partial charge is 0.381 e. The number of halogens is 1. The van der Waals surface area contributed by atoms with Crippen LogP contribution in [0.15, 0.2) is 0 Å². The number of hydrogen-bond donors (Lipinski definition) is 2. The second kappa shape index (κ2) is 7.90. The van der Waals surface area contributed by atoms with E-state index in [0.29, 0.717) is 5.92 Å². The van der Waals surface area contributed by atoms with E-state index in [0.717, 1.165) is 26.1 Å². The molecular weight excluding hydrogens is 240 g/mol. The predicted molar refractivity (Wildman–Crippen MR) is 71.2 cm³/mol. The molecule has 0 aromatic heterocycles. The molecule has 1 unspecified atom stereocenters. The molecule has 0 saturated carbocycles. The summed E-state index contributed by atoms with van der Waals surface area (Å²) >= 11 is 0. The molecule has 1 heterocycles. The zero-order valence-electron chi connectivity index (χ0n) is 10.9. The highest BCUT2D eigenvalue weighted by Gasteiger charge is 2.24. The fraction of sp³-hybridized carbons (Fsp3) is 0.917. The summed E-state index contributed by atoms with van der Waals surface area (Å²) in [6.07, 6.45) is 2.05. The first-order valence-electron chi connectivity index (χ1n) is 6.16. The zero-order chi connectivity index (χ0) is 12.1. The second-order valence-electron chi connectivity index (χ2n) is 5.02. The van der Waals surface area contributed by atoms with Gasteiger partial charge in [-0.2, -0.15) is 0 Å². The van der Waals surface area contributed by atoms with Gasteiger partial charge in [0.05, 0.1) is 6.04 Å². The van der Waals surface area contributed by atoms with Gasteiger partial charge in [-0.25, -0.2) is 0 Å². The zero-order valence-corrected chi connectivity index (χ0v) is 11.8. The Labute approximate surface area is 110 Å². The lowest BCUT2D eigenvalue weighted by molar-refractivity contribution is -0.124. The van der Waals surface area contributed by atoms with Crippen molar-refractivity contribution in [3.05, 3.63) is 0 Å². The van der Waals surface area contributed by atoms with Crippen molar-refractivity contribution in [2.45, 2.75) is 45.7 Å². The van der Waals surface area contributed by atoms with Crippen LogP contribution in [0, 0.1) is 11.8 Å². The van der Waals surface area contributed by atoms with Crippen molar-refractivity contribution in [1.82, 2.24) is 5.32 Å². The summed E-state index contributed by atoms with van der Waals surface area (Å²) in [6.45, 7) is 7.59. The molecule has 0 bridgehead atoms. The number of nitrogens with two attached hydrogens (primary N) is 1. The van der Waals surface area contributed by atoms with Gasteiger partial charge in [-0.3, -0.25) is 4.79 Å². The summed E-state index contributed by atoms with van der Waals surface area (Å²) in [5, 5.41) is 3.01. The first-order chi connectivity index (χ1) is 7.52. The van der Waals surface area contributed by atoms with Gasteiger partial charge in [0, 0.05) is 19.3 Å². The summed E-state index contributed by atoms with van der Waals surface area (Å²) in [7, 11) is 0. The summed E-state index contributed by atoms with van der Waals surface area (Å²) in [5.41, 5.74) is 5.80. The molecule has 0 radical (unpaired) electrons. The van der Waals surface area contributed by atoms with Crippen molar-refractivity contribution in [2.75, 3.05) is 13.2 Å². The normalized spacial score (nSPS) is 20.5. The van der Waals surface area contributed by atoms with Gasteiger partial charge < -0.3 is 15.8 Å². The summed E-state index contributed by atoms with van der Waals surface area (Å²) < 4.78 is 5.30. The van der Waals surface area contributed by atoms with Gasteiger partial charge in [-0.15, -0.1) is 12.4 Å². The van der Waals surface area contributed by atoms with E-state index in [-0.39, 0.29) is 30.3 Å². The van der Waals surface area contributed by atoms with Gasteiger partial charge in [-0.1, -0.05) is 13.8 Å². The van der Waals surface area contributed by atoms with Crippen molar-refractivity contribution >= 4 is 18.3 Å². The molecule has 1 fully saturated rings. The fourth-order valence-electron chi connectivity index (χ4n) is 1.96. The molecule has 2 atom stereocenters. The predicted octanol–water partition coefficient (Wildman–Crippen LogP) is 1.32. The molecule has 1 aliphatic heterocycles. The van der Waals surface area contributed by atoms with Crippen LogP contribution in [0.3, 0.4) is 0 Å². The third kappa shape index (κ3) is 5.23. The molecule has 1 saturated heterocycles. The van der Waals surface area contributed by atoms with Crippen molar-refractivity contribution in [3.63, 3.8) is 0 Å². The maximum absolute atomic E-state index is 11.8. The first kappa shape index (κ1) is 16.7. The Morgan fingerprint density at radius 3 is 2.29 bits per heavy atom. The van der Waals surface area contributed by atoms with Crippen molar-refractivity contribution < 1.29 is 9.53 Å². The van der Waals surface area contributed by atoms with Gasteiger partial charge >= 0.3 is 0 Å². The minimum atomic E-state index is -0.401. The number of amides is 1. The minimum absolute atomic E-state index is 0. The smallest absolute Gasteiger partial charge is 0.237 e. The van der Waals surface area contributed by atoms with Crippen LogP contribution in [0.2, 0.25) is 0 Å². The van der Waals surface area contributed by atoms with Crippen LogP contribution < -0.4 is 11.1 Å². The maximum Gasteiger partial charge on any atom is 0.237 e. The molecule has 0 aliphatic carbocycles. The van der Waals surface area contributed by atoms with Crippen molar-refractivity contribution in [1.29, 1.82) is 0 Å². The van der Waals surface area contributed by atoms with Crippen LogP contribution in [0.25, 0.3) is 0 Å². The van der Waals surface area contributed by atoms with Gasteiger partial charge in [-0.05, 0) is 31.6 Å². The topological polar surface area (TPSA) is 64.4 Å². The highest BCUT2D eigenvalue weighted by molar-refractivity contribution is 5.85. The molecule has 0 aromatic rings. The molecular formula is C12H25ClN2O2. The quantitative estimate of drug-likeness (QED) is 0.805. The van der Waals surface area contributed by atoms with E-state index in [9.17, 15) is 4.79 Å². The van der Waals surface area contributed by atoms with Crippen LogP contribution in [0.4, 0.5) is 0 Å². The van der Waals surface area contributed by atoms with Crippen LogP contribution in [0.5, 0.6) is 0 Å². The van der Waals surface area contributed by atoms with E-state index in [2.05, 4.69) is 12.2 Å². The maximum atomic E-state index is 11.8. The Morgan fingerprint density at radius 2 is 1.82 bits per heavy atom. The van der Waals surface area contributed by atoms with Crippen LogP contribution in [-0.4, -0.2) is 31.2 Å². The number of ether oxygens (including phenoxy) is 1. The number of hydrogen-bond acceptors (Lipinski definition) is 3. The van der Waals surface area contributed by atoms with Gasteiger partial charge in [0.2, 0.25) is 5.91 Å². The lowest BCUT2D eigenvalue weighted by atomic mass is 9.92. The van der Waals surface area contributed by atoms with E-state index in [1.165, 1.54) is 0 Å². The van der Waals surface area contributed by atoms with Gasteiger partial charge in [0.15, 0.2) is 0 Å². The Morgan fingerprint density at radius 1 is 1.29 bits per heavy atom. The fourth-order valence-corrected chi connectivity index (χ4v) is 1.96. The molecule has 4 nitrogen and oxygen atoms in total. The van der Waals surface area contributed by atoms with E-state index in [1.807, 2.05) is 13.8 Å². The third-order valence-electron chi connectivity index (χ3n) is 3.36. The molecule has 5 heteroatoms. The number of carbonyl (C=O) groups excluding carboxylic acids is 1. The van der Waals surface area contributed by atoms with Gasteiger partial charge in [0.25, 0.3) is 0 Å². The number of carbonyl (C=O) groups is 1. The Bertz CT molecular complexity index is 231. The molecule has 102 valence electrons. The van der Waals surface area contributed by atoms with Crippen LogP contribution in [0.1, 0.15) is 33.6 Å². The molecule has 1 aliphatic rings. The molecule has 1 amide bonds. The van der Waals surface area contributed by atoms with Crippen molar-refractivity contribution in [3.8, 4) is 0 Å². The second-order valence-corrected chi connectivity index (χ2v) is 5.02. The lowest BCUT2D eigenvalue weighted by Crippen LogP contribution is -2.49. The first-order valence-corrected chi connectivity index (χ1v) is 6.16. The molecule has 17 heavy (non-hydrogen) atoms. The Hall–Kier alpha value is -0.320. The number of rotatable bonds is 4. The highest BCUT2D eigenvalue weighted by Crippen LogP contribution is 2.18. The monoisotopic (exact) mass is 264 g/mol. The summed E-state index contributed by atoms with van der Waals surface area (Å²) in [5.74, 6) is 0.674. The summed E-state index contributed by atoms with van der Waals surface area (Å²) in [6, 6.07) is -0.205. The van der Waals surface area contributed by atoms with Crippen molar-refractivity contribution in [2.24, 2.45) is 17.6 Å². The standard InChI is InChI=1S/C12H24N2O2.ClH/c1-8(2)11(13)12(15)14-9(3)10-4-6-16-7-5-10;/h8-11H,4-7,13H2,1-3H3,(H,14,15);1H/t9?,11-;/m0./s1. The molecule has 0 aromatic carbocycles. The van der Waals surface area contributed by atoms with Gasteiger partial charge in [0.1, 0.15) is 0 Å². The average Bonchev–Trinajstić information content (AvgIpc) is 2.28. The molecule has 3 N–H and O–H groups in total. The van der Waals surface area contributed by atoms with Crippen LogP contribution in [-0.2, 0) is 9.53 Å². The van der Waals surface area contributed by atoms with E-state index in [1.54, 1.807) is 0 Å². The van der Waals surface area contributed by atoms with E-state index in [4.69, 9.17) is 10.5 Å². The lowest BCUT2D eigenvalue weighted by Gasteiger charge is -2.29. The summed E-state index contributed by atoms with van der Waals surface area (Å²) in [4.78, 5) is 11.8. The highest BCUT2D eigenvalue weighted by atomic mass is 35.5. The Kier molecular flexibility index (Phi) is 7.75. The molecule has 0 spiro atoms. The van der Waals surface area contributed by atoms with E-state index < -0.39 is 6.04 Å². The van der Waals surface area contributed by atoms with E-state index >= 15 is 0 Å². The SMILES string of the molecule is CC(NC(=O)[C@@H](N)C(C)C)C1CCOCC1.Cl. The Balaban J connectivity index is 0.00000256. The minimum Gasteiger partial charge on any atom is -0.381 e. The molecule has 1 rings (SSSR count). The van der Waals surface area contributed by atoms with Crippen LogP contribution >= 0.6 is 12.4 Å². The number of nitrogens with one attached hydrogen (secondary N) is 1.